The molecule has 1 aromatic rings. The second kappa shape index (κ2) is 5.41. The second-order valence-electron chi connectivity index (χ2n) is 6.36. The van der Waals surface area contributed by atoms with Crippen LogP contribution in [-0.4, -0.2) is 13.3 Å². The zero-order valence-corrected chi connectivity index (χ0v) is 12.6. The van der Waals surface area contributed by atoms with E-state index in [4.69, 9.17) is 9.47 Å². The number of hydrogen-bond acceptors (Lipinski definition) is 3. The molecule has 3 nitrogen and oxygen atoms in total. The standard InChI is InChI=1S/C16H25NO2/c1-11(2)16(4,5)9-17-12(3)13-6-7-14-15(8-13)19-10-18-14/h6-8,11-12,17H,9-10H2,1-5H3. The van der Waals surface area contributed by atoms with Crippen LogP contribution in [0.4, 0.5) is 0 Å². The molecule has 1 N–H and O–H groups in total. The maximum absolute atomic E-state index is 5.42. The predicted octanol–water partition coefficient (Wildman–Crippen LogP) is 3.75. The Bertz CT molecular complexity index is 440. The van der Waals surface area contributed by atoms with Crippen molar-refractivity contribution < 1.29 is 9.47 Å². The van der Waals surface area contributed by atoms with Gasteiger partial charge in [0.2, 0.25) is 6.79 Å². The molecule has 0 aromatic heterocycles. The van der Waals surface area contributed by atoms with E-state index in [1.54, 1.807) is 0 Å². The highest BCUT2D eigenvalue weighted by Gasteiger charge is 2.23. The number of hydrogen-bond donors (Lipinski definition) is 1. The Balaban J connectivity index is 1.99. The molecule has 1 unspecified atom stereocenters. The molecule has 106 valence electrons. The normalized spacial score (nSPS) is 15.9. The summed E-state index contributed by atoms with van der Waals surface area (Å²) >= 11 is 0. The zero-order chi connectivity index (χ0) is 14.0. The van der Waals surface area contributed by atoms with Crippen molar-refractivity contribution in [3.05, 3.63) is 23.8 Å². The van der Waals surface area contributed by atoms with E-state index >= 15 is 0 Å². The van der Waals surface area contributed by atoms with Crippen LogP contribution in [0.15, 0.2) is 18.2 Å². The zero-order valence-electron chi connectivity index (χ0n) is 12.6. The molecule has 0 spiro atoms. The predicted molar refractivity (Wildman–Crippen MR) is 77.6 cm³/mol. The molecule has 19 heavy (non-hydrogen) atoms. The molecular weight excluding hydrogens is 238 g/mol. The molecule has 1 heterocycles. The summed E-state index contributed by atoms with van der Waals surface area (Å²) in [5.74, 6) is 2.36. The molecule has 1 aromatic carbocycles. The van der Waals surface area contributed by atoms with Crippen LogP contribution in [0, 0.1) is 11.3 Å². The quantitative estimate of drug-likeness (QED) is 0.877. The smallest absolute Gasteiger partial charge is 0.231 e. The summed E-state index contributed by atoms with van der Waals surface area (Å²) in [5.41, 5.74) is 1.54. The van der Waals surface area contributed by atoms with Crippen LogP contribution in [0.25, 0.3) is 0 Å². The Kier molecular flexibility index (Phi) is 4.04. The minimum atomic E-state index is 0.296. The third kappa shape index (κ3) is 3.21. The topological polar surface area (TPSA) is 30.5 Å². The average molecular weight is 263 g/mol. The molecule has 1 atom stereocenters. The highest BCUT2D eigenvalue weighted by Crippen LogP contribution is 2.34. The van der Waals surface area contributed by atoms with Gasteiger partial charge in [-0.25, -0.2) is 0 Å². The summed E-state index contributed by atoms with van der Waals surface area (Å²) in [4.78, 5) is 0. The van der Waals surface area contributed by atoms with Crippen molar-refractivity contribution in [2.24, 2.45) is 11.3 Å². The van der Waals surface area contributed by atoms with Gasteiger partial charge in [-0.1, -0.05) is 33.8 Å². The lowest BCUT2D eigenvalue weighted by molar-refractivity contribution is 0.174. The summed E-state index contributed by atoms with van der Waals surface area (Å²) in [7, 11) is 0. The van der Waals surface area contributed by atoms with Gasteiger partial charge in [-0.3, -0.25) is 0 Å². The van der Waals surface area contributed by atoms with Crippen LogP contribution in [0.1, 0.15) is 46.2 Å². The van der Waals surface area contributed by atoms with Crippen LogP contribution in [-0.2, 0) is 0 Å². The van der Waals surface area contributed by atoms with Gasteiger partial charge in [0.25, 0.3) is 0 Å². The van der Waals surface area contributed by atoms with Crippen molar-refractivity contribution in [1.82, 2.24) is 5.32 Å². The van der Waals surface area contributed by atoms with Gasteiger partial charge in [0.15, 0.2) is 11.5 Å². The first kappa shape index (κ1) is 14.2. The van der Waals surface area contributed by atoms with E-state index in [0.29, 0.717) is 24.2 Å². The van der Waals surface area contributed by atoms with Gasteiger partial charge in [-0.05, 0) is 36.0 Å². The van der Waals surface area contributed by atoms with Gasteiger partial charge in [-0.15, -0.1) is 0 Å². The fourth-order valence-electron chi connectivity index (χ4n) is 1.92. The Morgan fingerprint density at radius 2 is 1.84 bits per heavy atom. The minimum absolute atomic E-state index is 0.296. The largest absolute Gasteiger partial charge is 0.454 e. The Morgan fingerprint density at radius 3 is 2.53 bits per heavy atom. The van der Waals surface area contributed by atoms with Crippen LogP contribution in [0.5, 0.6) is 11.5 Å². The molecular formula is C16H25NO2. The van der Waals surface area contributed by atoms with Gasteiger partial charge in [0, 0.05) is 12.6 Å². The maximum Gasteiger partial charge on any atom is 0.231 e. The first-order valence-electron chi connectivity index (χ1n) is 7.03. The van der Waals surface area contributed by atoms with E-state index in [9.17, 15) is 0 Å². The van der Waals surface area contributed by atoms with Crippen molar-refractivity contribution >= 4 is 0 Å². The molecule has 0 saturated carbocycles. The van der Waals surface area contributed by atoms with E-state index in [1.165, 1.54) is 5.56 Å². The molecule has 0 fully saturated rings. The van der Waals surface area contributed by atoms with Crippen molar-refractivity contribution in [3.63, 3.8) is 0 Å². The number of benzene rings is 1. The highest BCUT2D eigenvalue weighted by atomic mass is 16.7. The maximum atomic E-state index is 5.42. The molecule has 0 aliphatic carbocycles. The van der Waals surface area contributed by atoms with Crippen LogP contribution in [0.2, 0.25) is 0 Å². The van der Waals surface area contributed by atoms with Gasteiger partial charge >= 0.3 is 0 Å². The lowest BCUT2D eigenvalue weighted by Gasteiger charge is -2.31. The van der Waals surface area contributed by atoms with Crippen molar-refractivity contribution in [3.8, 4) is 11.5 Å². The van der Waals surface area contributed by atoms with Gasteiger partial charge in [-0.2, -0.15) is 0 Å². The molecule has 0 radical (unpaired) electrons. The van der Waals surface area contributed by atoms with Gasteiger partial charge < -0.3 is 14.8 Å². The first-order chi connectivity index (χ1) is 8.90. The fourth-order valence-corrected chi connectivity index (χ4v) is 1.92. The lowest BCUT2D eigenvalue weighted by atomic mass is 9.81. The van der Waals surface area contributed by atoms with E-state index in [0.717, 1.165) is 18.0 Å². The Labute approximate surface area is 116 Å². The average Bonchev–Trinajstić information content (AvgIpc) is 2.82. The Hall–Kier alpha value is -1.22. The molecule has 2 rings (SSSR count). The Morgan fingerprint density at radius 1 is 1.16 bits per heavy atom. The van der Waals surface area contributed by atoms with Crippen molar-refractivity contribution in [1.29, 1.82) is 0 Å². The molecule has 0 saturated heterocycles. The fraction of sp³-hybridized carbons (Fsp3) is 0.625. The van der Waals surface area contributed by atoms with Gasteiger partial charge in [0.05, 0.1) is 0 Å². The lowest BCUT2D eigenvalue weighted by Crippen LogP contribution is -2.34. The third-order valence-electron chi connectivity index (χ3n) is 4.32. The van der Waals surface area contributed by atoms with Crippen LogP contribution < -0.4 is 14.8 Å². The molecule has 0 bridgehead atoms. The number of nitrogens with one attached hydrogen (secondary N) is 1. The number of rotatable bonds is 5. The number of ether oxygens (including phenoxy) is 2. The minimum Gasteiger partial charge on any atom is -0.454 e. The van der Waals surface area contributed by atoms with Crippen LogP contribution in [0.3, 0.4) is 0 Å². The van der Waals surface area contributed by atoms with Gasteiger partial charge in [0.1, 0.15) is 0 Å². The van der Waals surface area contributed by atoms with Crippen LogP contribution >= 0.6 is 0 Å². The van der Waals surface area contributed by atoms with Crippen molar-refractivity contribution in [2.45, 2.75) is 40.7 Å². The van der Waals surface area contributed by atoms with E-state index in [-0.39, 0.29) is 0 Å². The molecule has 1 aliphatic rings. The molecule has 1 aliphatic heterocycles. The molecule has 3 heteroatoms. The summed E-state index contributed by atoms with van der Waals surface area (Å²) < 4.78 is 10.8. The van der Waals surface area contributed by atoms with E-state index in [1.807, 2.05) is 6.07 Å². The first-order valence-corrected chi connectivity index (χ1v) is 7.03. The summed E-state index contributed by atoms with van der Waals surface area (Å²) in [5, 5.41) is 3.62. The van der Waals surface area contributed by atoms with E-state index in [2.05, 4.69) is 52.1 Å². The molecule has 0 amide bonds. The highest BCUT2D eigenvalue weighted by molar-refractivity contribution is 5.45. The second-order valence-corrected chi connectivity index (χ2v) is 6.36. The van der Waals surface area contributed by atoms with E-state index < -0.39 is 0 Å². The number of fused-ring (bicyclic) bond motifs is 1. The summed E-state index contributed by atoms with van der Waals surface area (Å²) in [6, 6.07) is 6.48. The third-order valence-corrected chi connectivity index (χ3v) is 4.32. The monoisotopic (exact) mass is 263 g/mol. The van der Waals surface area contributed by atoms with Crippen molar-refractivity contribution in [2.75, 3.05) is 13.3 Å². The summed E-state index contributed by atoms with van der Waals surface area (Å²) in [6.45, 7) is 12.7. The SMILES string of the molecule is CC(NCC(C)(C)C(C)C)c1ccc2c(c1)OCO2. The summed E-state index contributed by atoms with van der Waals surface area (Å²) in [6.07, 6.45) is 0.